The molecule has 0 aromatic heterocycles. The van der Waals surface area contributed by atoms with Gasteiger partial charge in [0, 0.05) is 13.1 Å². The van der Waals surface area contributed by atoms with Crippen molar-refractivity contribution in [2.75, 3.05) is 7.05 Å². The molecule has 0 bridgehead atoms. The second-order valence-electron chi connectivity index (χ2n) is 7.79. The quantitative estimate of drug-likeness (QED) is 0.544. The van der Waals surface area contributed by atoms with Gasteiger partial charge in [0.2, 0.25) is 5.78 Å². The number of ketones is 1. The summed E-state index contributed by atoms with van der Waals surface area (Å²) >= 11 is 0. The Balaban J connectivity index is 1.58. The highest BCUT2D eigenvalue weighted by atomic mass is 16.5. The van der Waals surface area contributed by atoms with Crippen LogP contribution >= 0.6 is 0 Å². The van der Waals surface area contributed by atoms with Crippen LogP contribution in [0.2, 0.25) is 0 Å². The summed E-state index contributed by atoms with van der Waals surface area (Å²) in [6.07, 6.45) is 5.42. The number of phenolic OH excluding ortho intramolecular Hbond substituents is 1. The number of phenols is 1. The van der Waals surface area contributed by atoms with Gasteiger partial charge in [-0.1, -0.05) is 72.8 Å². The fourth-order valence-corrected chi connectivity index (χ4v) is 3.78. The number of carbonyl (C=O) groups is 1. The lowest BCUT2D eigenvalue weighted by Gasteiger charge is -2.19. The van der Waals surface area contributed by atoms with E-state index in [1.54, 1.807) is 12.1 Å². The molecule has 3 aromatic carbocycles. The Kier molecular flexibility index (Phi) is 6.01. The van der Waals surface area contributed by atoms with Crippen molar-refractivity contribution in [2.45, 2.75) is 20.0 Å². The number of hydrogen-bond acceptors (Lipinski definition) is 4. The molecule has 1 aliphatic rings. The molecule has 0 radical (unpaired) electrons. The molecule has 4 rings (SSSR count). The summed E-state index contributed by atoms with van der Waals surface area (Å²) in [5.41, 5.74) is 4.08. The third-order valence-corrected chi connectivity index (χ3v) is 5.28. The molecule has 0 saturated carbocycles. The van der Waals surface area contributed by atoms with Gasteiger partial charge in [-0.25, -0.2) is 0 Å². The van der Waals surface area contributed by atoms with Crippen LogP contribution in [0.25, 0.3) is 6.08 Å². The number of aromatic hydroxyl groups is 1. The minimum Gasteiger partial charge on any atom is -0.507 e. The number of carbonyl (C=O) groups excluding carboxylic acids is 1. The summed E-state index contributed by atoms with van der Waals surface area (Å²) in [6.45, 7) is 3.00. The number of Topliss-reactive ketones (excluding diaryl/α,β-unsaturated/α-hetero) is 1. The minimum absolute atomic E-state index is 0.144. The molecular formula is C27H25NO3. The Morgan fingerprint density at radius 2 is 1.68 bits per heavy atom. The number of benzene rings is 3. The van der Waals surface area contributed by atoms with E-state index < -0.39 is 0 Å². The highest BCUT2D eigenvalue weighted by molar-refractivity contribution is 6.14. The predicted molar refractivity (Wildman–Crippen MR) is 123 cm³/mol. The summed E-state index contributed by atoms with van der Waals surface area (Å²) in [5, 5.41) is 10.6. The van der Waals surface area contributed by atoms with Crippen LogP contribution in [0, 0.1) is 6.92 Å². The summed E-state index contributed by atoms with van der Waals surface area (Å²) in [7, 11) is 1.98. The van der Waals surface area contributed by atoms with Crippen molar-refractivity contribution in [3.8, 4) is 11.5 Å². The first-order chi connectivity index (χ1) is 15.0. The predicted octanol–water partition coefficient (Wildman–Crippen LogP) is 5.51. The average molecular weight is 412 g/mol. The van der Waals surface area contributed by atoms with Crippen LogP contribution in [-0.4, -0.2) is 22.8 Å². The van der Waals surface area contributed by atoms with E-state index in [0.717, 1.165) is 12.1 Å². The topological polar surface area (TPSA) is 49.8 Å². The fraction of sp³-hybridized carbons (Fsp3) is 0.148. The summed E-state index contributed by atoms with van der Waals surface area (Å²) < 4.78 is 5.97. The second-order valence-corrected chi connectivity index (χ2v) is 7.79. The Morgan fingerprint density at radius 3 is 2.39 bits per heavy atom. The Hall–Kier alpha value is -3.63. The molecule has 31 heavy (non-hydrogen) atoms. The maximum absolute atomic E-state index is 13.0. The first-order valence-corrected chi connectivity index (χ1v) is 10.3. The van der Waals surface area contributed by atoms with Crippen LogP contribution in [0.15, 0.2) is 84.6 Å². The number of ether oxygens (including phenoxy) is 1. The summed E-state index contributed by atoms with van der Waals surface area (Å²) in [4.78, 5) is 15.1. The van der Waals surface area contributed by atoms with E-state index in [1.807, 2.05) is 74.7 Å². The molecule has 0 spiro atoms. The normalized spacial score (nSPS) is 14.4. The second kappa shape index (κ2) is 9.02. The minimum atomic E-state index is -0.155. The van der Waals surface area contributed by atoms with Crippen LogP contribution in [-0.2, 0) is 13.1 Å². The summed E-state index contributed by atoms with van der Waals surface area (Å²) in [5.74, 6) is 0.715. The van der Waals surface area contributed by atoms with Crippen molar-refractivity contribution in [1.29, 1.82) is 0 Å². The first-order valence-electron chi connectivity index (χ1n) is 10.3. The number of rotatable bonds is 6. The molecule has 4 nitrogen and oxygen atoms in total. The third-order valence-electron chi connectivity index (χ3n) is 5.28. The van der Waals surface area contributed by atoms with E-state index in [0.29, 0.717) is 29.0 Å². The third kappa shape index (κ3) is 4.60. The van der Waals surface area contributed by atoms with Gasteiger partial charge < -0.3 is 9.84 Å². The molecule has 1 heterocycles. The van der Waals surface area contributed by atoms with Gasteiger partial charge in [0.05, 0.1) is 11.1 Å². The molecular weight excluding hydrogens is 386 g/mol. The number of fused-ring (bicyclic) bond motifs is 1. The van der Waals surface area contributed by atoms with E-state index in [4.69, 9.17) is 4.74 Å². The van der Waals surface area contributed by atoms with Crippen molar-refractivity contribution >= 4 is 11.9 Å². The van der Waals surface area contributed by atoms with Crippen molar-refractivity contribution in [2.24, 2.45) is 0 Å². The van der Waals surface area contributed by atoms with E-state index in [1.165, 1.54) is 5.56 Å². The van der Waals surface area contributed by atoms with Crippen molar-refractivity contribution in [3.05, 3.63) is 112 Å². The highest BCUT2D eigenvalue weighted by Gasteiger charge is 2.33. The molecule has 4 heteroatoms. The number of nitrogens with zero attached hydrogens (tertiary/aromatic N) is 1. The van der Waals surface area contributed by atoms with Crippen molar-refractivity contribution in [1.82, 2.24) is 4.90 Å². The molecule has 3 aromatic rings. The van der Waals surface area contributed by atoms with Crippen molar-refractivity contribution in [3.63, 3.8) is 0 Å². The van der Waals surface area contributed by atoms with E-state index in [2.05, 4.69) is 17.0 Å². The van der Waals surface area contributed by atoms with Gasteiger partial charge in [0.25, 0.3) is 0 Å². The van der Waals surface area contributed by atoms with E-state index in [9.17, 15) is 9.90 Å². The van der Waals surface area contributed by atoms with Gasteiger partial charge in [-0.3, -0.25) is 9.69 Å². The molecule has 156 valence electrons. The maximum atomic E-state index is 13.0. The Labute approximate surface area is 182 Å². The highest BCUT2D eigenvalue weighted by Crippen LogP contribution is 2.41. The van der Waals surface area contributed by atoms with Gasteiger partial charge in [-0.05, 0) is 42.8 Å². The van der Waals surface area contributed by atoms with Gasteiger partial charge in [-0.15, -0.1) is 0 Å². The molecule has 0 unspecified atom stereocenters. The summed E-state index contributed by atoms with van der Waals surface area (Å²) in [6, 6.07) is 21.6. The zero-order chi connectivity index (χ0) is 21.8. The van der Waals surface area contributed by atoms with Gasteiger partial charge in [-0.2, -0.15) is 0 Å². The molecule has 1 N–H and O–H groups in total. The number of aryl methyl sites for hydroxylation is 1. The molecule has 0 aliphatic carbocycles. The smallest absolute Gasteiger partial charge is 0.232 e. The molecule has 0 atom stereocenters. The van der Waals surface area contributed by atoms with Gasteiger partial charge >= 0.3 is 0 Å². The maximum Gasteiger partial charge on any atom is 0.232 e. The standard InChI is InChI=1S/C27H25NO3/c1-19-16-23(29)22(18-28(2)17-21-12-7-4-8-13-21)27-25(19)26(30)24(31-27)15-9-14-20-10-5-3-6-11-20/h3-16,29H,17-18H2,1-2H3/b14-9+,24-15-. The van der Waals surface area contributed by atoms with Crippen LogP contribution in [0.3, 0.4) is 0 Å². The van der Waals surface area contributed by atoms with E-state index in [-0.39, 0.29) is 17.3 Å². The average Bonchev–Trinajstić information content (AvgIpc) is 3.09. The molecule has 1 aliphatic heterocycles. The van der Waals surface area contributed by atoms with Crippen molar-refractivity contribution < 1.29 is 14.6 Å². The largest absolute Gasteiger partial charge is 0.507 e. The Morgan fingerprint density at radius 1 is 1.00 bits per heavy atom. The van der Waals surface area contributed by atoms with Gasteiger partial charge in [0.1, 0.15) is 11.5 Å². The van der Waals surface area contributed by atoms with Crippen LogP contribution in [0.5, 0.6) is 11.5 Å². The van der Waals surface area contributed by atoms with E-state index >= 15 is 0 Å². The molecule has 0 saturated heterocycles. The van der Waals surface area contributed by atoms with Gasteiger partial charge in [0.15, 0.2) is 5.76 Å². The van der Waals surface area contributed by atoms with Crippen LogP contribution in [0.1, 0.15) is 32.6 Å². The zero-order valence-electron chi connectivity index (χ0n) is 17.7. The lowest BCUT2D eigenvalue weighted by atomic mass is 9.99. The number of hydrogen-bond donors (Lipinski definition) is 1. The SMILES string of the molecule is Cc1cc(O)c(CN(C)Cc2ccccc2)c2c1C(=O)/C(=C/C=C/c1ccccc1)O2. The lowest BCUT2D eigenvalue weighted by Crippen LogP contribution is -2.17. The molecule has 0 amide bonds. The zero-order valence-corrected chi connectivity index (χ0v) is 17.7. The lowest BCUT2D eigenvalue weighted by molar-refractivity contribution is 0.101. The molecule has 0 fully saturated rings. The number of allylic oxidation sites excluding steroid dienone is 3. The fourth-order valence-electron chi connectivity index (χ4n) is 3.78. The van der Waals surface area contributed by atoms with Crippen LogP contribution in [0.4, 0.5) is 0 Å². The first kappa shape index (κ1) is 20.6. The monoisotopic (exact) mass is 411 g/mol. The van der Waals surface area contributed by atoms with Crippen LogP contribution < -0.4 is 4.74 Å². The Bertz CT molecular complexity index is 1150.